The predicted octanol–water partition coefficient (Wildman–Crippen LogP) is 3.25. The monoisotopic (exact) mass is 227 g/mol. The quantitative estimate of drug-likeness (QED) is 0.759. The number of amides is 1. The van der Waals surface area contributed by atoms with Crippen LogP contribution < -0.4 is 0 Å². The third-order valence-corrected chi connectivity index (χ3v) is 3.73. The van der Waals surface area contributed by atoms with Crippen LogP contribution in [0.4, 0.5) is 0 Å². The van der Waals surface area contributed by atoms with Crippen molar-refractivity contribution in [1.29, 1.82) is 0 Å². The van der Waals surface area contributed by atoms with Gasteiger partial charge in [0.25, 0.3) is 0 Å². The second kappa shape index (κ2) is 4.36. The van der Waals surface area contributed by atoms with Crippen molar-refractivity contribution >= 4 is 5.91 Å². The fourth-order valence-corrected chi connectivity index (χ4v) is 2.85. The maximum absolute atomic E-state index is 12.0. The number of allylic oxidation sites excluding steroid dienone is 1. The highest BCUT2D eigenvalue weighted by Gasteiger charge is 2.30. The Labute approximate surface area is 102 Å². The SMILES string of the molecule is O=C1CC2=C(CCCC2)N1Cc1ccccc1. The molecule has 88 valence electrons. The highest BCUT2D eigenvalue weighted by Crippen LogP contribution is 2.36. The lowest BCUT2D eigenvalue weighted by molar-refractivity contribution is -0.127. The molecule has 17 heavy (non-hydrogen) atoms. The molecule has 1 aromatic rings. The fraction of sp³-hybridized carbons (Fsp3) is 0.400. The molecule has 0 N–H and O–H groups in total. The van der Waals surface area contributed by atoms with E-state index in [9.17, 15) is 4.79 Å². The van der Waals surface area contributed by atoms with Gasteiger partial charge in [-0.15, -0.1) is 0 Å². The van der Waals surface area contributed by atoms with Gasteiger partial charge in [0.1, 0.15) is 0 Å². The molecule has 0 saturated carbocycles. The third-order valence-electron chi connectivity index (χ3n) is 3.73. The number of benzene rings is 1. The Kier molecular flexibility index (Phi) is 2.71. The van der Waals surface area contributed by atoms with Crippen LogP contribution in [0.1, 0.15) is 37.7 Å². The van der Waals surface area contributed by atoms with E-state index in [2.05, 4.69) is 12.1 Å². The summed E-state index contributed by atoms with van der Waals surface area (Å²) in [6, 6.07) is 10.3. The molecular weight excluding hydrogens is 210 g/mol. The molecule has 1 aromatic carbocycles. The van der Waals surface area contributed by atoms with Crippen molar-refractivity contribution in [2.75, 3.05) is 0 Å². The Hall–Kier alpha value is -1.57. The Morgan fingerprint density at radius 1 is 1.06 bits per heavy atom. The molecule has 0 bridgehead atoms. The first-order chi connectivity index (χ1) is 8.34. The zero-order chi connectivity index (χ0) is 11.7. The summed E-state index contributed by atoms with van der Waals surface area (Å²) in [4.78, 5) is 14.0. The lowest BCUT2D eigenvalue weighted by atomic mass is 9.96. The number of carbonyl (C=O) groups is 1. The molecule has 0 spiro atoms. The molecule has 0 fully saturated rings. The van der Waals surface area contributed by atoms with Crippen molar-refractivity contribution in [3.8, 4) is 0 Å². The number of rotatable bonds is 2. The van der Waals surface area contributed by atoms with Gasteiger partial charge in [-0.2, -0.15) is 0 Å². The zero-order valence-electron chi connectivity index (χ0n) is 9.98. The minimum absolute atomic E-state index is 0.292. The van der Waals surface area contributed by atoms with Gasteiger partial charge in [0, 0.05) is 5.70 Å². The molecule has 1 amide bonds. The molecule has 3 rings (SSSR count). The zero-order valence-corrected chi connectivity index (χ0v) is 9.98. The number of nitrogens with zero attached hydrogens (tertiary/aromatic N) is 1. The van der Waals surface area contributed by atoms with Crippen molar-refractivity contribution < 1.29 is 4.79 Å². The second-order valence-corrected chi connectivity index (χ2v) is 4.90. The summed E-state index contributed by atoms with van der Waals surface area (Å²) in [6.07, 6.45) is 5.38. The maximum atomic E-state index is 12.0. The first-order valence-electron chi connectivity index (χ1n) is 6.40. The average molecular weight is 227 g/mol. The molecule has 1 aliphatic heterocycles. The molecular formula is C15H17NO. The molecule has 2 aliphatic rings. The van der Waals surface area contributed by atoms with E-state index in [1.54, 1.807) is 0 Å². The summed E-state index contributed by atoms with van der Waals surface area (Å²) in [5.74, 6) is 0.292. The van der Waals surface area contributed by atoms with E-state index in [-0.39, 0.29) is 0 Å². The first-order valence-corrected chi connectivity index (χ1v) is 6.40. The molecule has 1 heterocycles. The van der Waals surface area contributed by atoms with Crippen LogP contribution in [0.15, 0.2) is 41.6 Å². The van der Waals surface area contributed by atoms with E-state index in [0.717, 1.165) is 19.4 Å². The molecule has 2 heteroatoms. The minimum atomic E-state index is 0.292. The summed E-state index contributed by atoms with van der Waals surface area (Å²) in [7, 11) is 0. The van der Waals surface area contributed by atoms with E-state index < -0.39 is 0 Å². The lowest BCUT2D eigenvalue weighted by Crippen LogP contribution is -2.24. The topological polar surface area (TPSA) is 20.3 Å². The van der Waals surface area contributed by atoms with Gasteiger partial charge in [-0.05, 0) is 36.8 Å². The summed E-state index contributed by atoms with van der Waals surface area (Å²) in [5.41, 5.74) is 3.95. The highest BCUT2D eigenvalue weighted by atomic mass is 16.2. The van der Waals surface area contributed by atoms with Gasteiger partial charge in [-0.3, -0.25) is 4.79 Å². The van der Waals surface area contributed by atoms with Crippen molar-refractivity contribution in [2.45, 2.75) is 38.6 Å². The smallest absolute Gasteiger partial charge is 0.231 e. The van der Waals surface area contributed by atoms with Gasteiger partial charge in [-0.1, -0.05) is 30.3 Å². The van der Waals surface area contributed by atoms with Gasteiger partial charge in [0.2, 0.25) is 5.91 Å². The van der Waals surface area contributed by atoms with Gasteiger partial charge in [0.05, 0.1) is 13.0 Å². The first kappa shape index (κ1) is 10.6. The van der Waals surface area contributed by atoms with Crippen molar-refractivity contribution in [3.63, 3.8) is 0 Å². The van der Waals surface area contributed by atoms with Crippen LogP contribution in [-0.2, 0) is 11.3 Å². The standard InChI is InChI=1S/C15H17NO/c17-15-10-13-8-4-5-9-14(13)16(15)11-12-6-2-1-3-7-12/h1-3,6-7H,4-5,8-11H2. The van der Waals surface area contributed by atoms with Crippen LogP contribution in [0.25, 0.3) is 0 Å². The van der Waals surface area contributed by atoms with Crippen molar-refractivity contribution in [2.24, 2.45) is 0 Å². The normalized spacial score (nSPS) is 19.8. The summed E-state index contributed by atoms with van der Waals surface area (Å²) < 4.78 is 0. The van der Waals surface area contributed by atoms with Crippen LogP contribution in [0.2, 0.25) is 0 Å². The summed E-state index contributed by atoms with van der Waals surface area (Å²) >= 11 is 0. The predicted molar refractivity (Wildman–Crippen MR) is 67.1 cm³/mol. The lowest BCUT2D eigenvalue weighted by Gasteiger charge is -2.23. The second-order valence-electron chi connectivity index (χ2n) is 4.90. The van der Waals surface area contributed by atoms with Crippen LogP contribution in [0, 0.1) is 0 Å². The maximum Gasteiger partial charge on any atom is 0.231 e. The van der Waals surface area contributed by atoms with Crippen LogP contribution in [0.5, 0.6) is 0 Å². The molecule has 1 aliphatic carbocycles. The summed E-state index contributed by atoms with van der Waals surface area (Å²) in [6.45, 7) is 0.749. The molecule has 0 saturated heterocycles. The van der Waals surface area contributed by atoms with Gasteiger partial charge >= 0.3 is 0 Å². The molecule has 0 radical (unpaired) electrons. The minimum Gasteiger partial charge on any atom is -0.312 e. The Balaban J connectivity index is 1.83. The van der Waals surface area contributed by atoms with Crippen molar-refractivity contribution in [1.82, 2.24) is 4.90 Å². The van der Waals surface area contributed by atoms with Crippen LogP contribution in [-0.4, -0.2) is 10.8 Å². The van der Waals surface area contributed by atoms with E-state index in [4.69, 9.17) is 0 Å². The van der Waals surface area contributed by atoms with Gasteiger partial charge < -0.3 is 4.90 Å². The Morgan fingerprint density at radius 3 is 2.65 bits per heavy atom. The molecule has 0 atom stereocenters. The summed E-state index contributed by atoms with van der Waals surface area (Å²) in [5, 5.41) is 0. The highest BCUT2D eigenvalue weighted by molar-refractivity contribution is 5.84. The molecule has 0 unspecified atom stereocenters. The van der Waals surface area contributed by atoms with E-state index in [0.29, 0.717) is 12.3 Å². The average Bonchev–Trinajstić information content (AvgIpc) is 2.68. The van der Waals surface area contributed by atoms with E-state index in [1.807, 2.05) is 23.1 Å². The Bertz CT molecular complexity index is 461. The van der Waals surface area contributed by atoms with Crippen molar-refractivity contribution in [3.05, 3.63) is 47.2 Å². The number of carbonyl (C=O) groups excluding carboxylic acids is 1. The number of hydrogen-bond donors (Lipinski definition) is 0. The fourth-order valence-electron chi connectivity index (χ4n) is 2.85. The van der Waals surface area contributed by atoms with Gasteiger partial charge in [-0.25, -0.2) is 0 Å². The van der Waals surface area contributed by atoms with E-state index >= 15 is 0 Å². The Morgan fingerprint density at radius 2 is 1.82 bits per heavy atom. The van der Waals surface area contributed by atoms with Gasteiger partial charge in [0.15, 0.2) is 0 Å². The molecule has 2 nitrogen and oxygen atoms in total. The molecule has 0 aromatic heterocycles. The third kappa shape index (κ3) is 1.99. The van der Waals surface area contributed by atoms with E-state index in [1.165, 1.54) is 29.7 Å². The largest absolute Gasteiger partial charge is 0.312 e. The number of hydrogen-bond acceptors (Lipinski definition) is 1. The van der Waals surface area contributed by atoms with Crippen LogP contribution >= 0.6 is 0 Å². The van der Waals surface area contributed by atoms with Crippen LogP contribution in [0.3, 0.4) is 0 Å².